The normalized spacial score (nSPS) is 12.1. The molecule has 1 heterocycles. The van der Waals surface area contributed by atoms with Gasteiger partial charge in [-0.1, -0.05) is 0 Å². The van der Waals surface area contributed by atoms with E-state index in [2.05, 4.69) is 5.10 Å². The molecule has 3 nitrogen and oxygen atoms in total. The van der Waals surface area contributed by atoms with Gasteiger partial charge >= 0.3 is 6.18 Å². The van der Waals surface area contributed by atoms with Gasteiger partial charge < -0.3 is 0 Å². The first-order valence-electron chi connectivity index (χ1n) is 5.52. The lowest BCUT2D eigenvalue weighted by Gasteiger charge is -2.06. The standard InChI is InChI=1S/C12H10F4N2O/c1-7(19)11-9-3-2-8(13)6-10(9)18(17-11)5-4-12(14,15)16/h2-3,6H,4-5H2,1H3. The van der Waals surface area contributed by atoms with E-state index in [-0.39, 0.29) is 17.0 Å². The highest BCUT2D eigenvalue weighted by molar-refractivity contribution is 6.04. The number of halogens is 4. The van der Waals surface area contributed by atoms with Crippen molar-refractivity contribution in [3.05, 3.63) is 29.7 Å². The number of carbonyl (C=O) groups is 1. The topological polar surface area (TPSA) is 34.9 Å². The molecule has 1 aromatic heterocycles. The van der Waals surface area contributed by atoms with Crippen LogP contribution in [0.2, 0.25) is 0 Å². The first kappa shape index (κ1) is 13.5. The molecule has 0 atom stereocenters. The number of Topliss-reactive ketones (excluding diaryl/α,β-unsaturated/α-hetero) is 1. The van der Waals surface area contributed by atoms with Crippen molar-refractivity contribution in [2.75, 3.05) is 0 Å². The Hall–Kier alpha value is -1.92. The van der Waals surface area contributed by atoms with Crippen molar-refractivity contribution in [1.29, 1.82) is 0 Å². The quantitative estimate of drug-likeness (QED) is 0.635. The van der Waals surface area contributed by atoms with Crippen molar-refractivity contribution >= 4 is 16.7 Å². The van der Waals surface area contributed by atoms with Gasteiger partial charge in [-0.25, -0.2) is 4.39 Å². The van der Waals surface area contributed by atoms with E-state index in [0.29, 0.717) is 5.39 Å². The van der Waals surface area contributed by atoms with Crippen molar-refractivity contribution in [1.82, 2.24) is 9.78 Å². The van der Waals surface area contributed by atoms with Crippen molar-refractivity contribution in [2.24, 2.45) is 0 Å². The average molecular weight is 274 g/mol. The zero-order valence-electron chi connectivity index (χ0n) is 9.96. The maximum Gasteiger partial charge on any atom is 0.390 e. The molecule has 0 bridgehead atoms. The Morgan fingerprint density at radius 3 is 2.63 bits per heavy atom. The highest BCUT2D eigenvalue weighted by Crippen LogP contribution is 2.24. The van der Waals surface area contributed by atoms with Gasteiger partial charge in [0.25, 0.3) is 0 Å². The molecule has 0 amide bonds. The molecule has 0 unspecified atom stereocenters. The number of rotatable bonds is 3. The molecule has 0 saturated carbocycles. The number of fused-ring (bicyclic) bond motifs is 1. The largest absolute Gasteiger partial charge is 0.390 e. The van der Waals surface area contributed by atoms with Gasteiger partial charge in [0.15, 0.2) is 5.78 Å². The first-order chi connectivity index (χ1) is 8.78. The summed E-state index contributed by atoms with van der Waals surface area (Å²) in [7, 11) is 0. The molecule has 2 rings (SSSR count). The van der Waals surface area contributed by atoms with E-state index in [0.717, 1.165) is 16.8 Å². The summed E-state index contributed by atoms with van der Waals surface area (Å²) in [6.45, 7) is 0.815. The molecule has 19 heavy (non-hydrogen) atoms. The molecule has 0 fully saturated rings. The van der Waals surface area contributed by atoms with E-state index in [4.69, 9.17) is 0 Å². The summed E-state index contributed by atoms with van der Waals surface area (Å²) in [4.78, 5) is 11.4. The van der Waals surface area contributed by atoms with Crippen LogP contribution < -0.4 is 0 Å². The van der Waals surface area contributed by atoms with Gasteiger partial charge in [-0.15, -0.1) is 0 Å². The number of benzene rings is 1. The van der Waals surface area contributed by atoms with E-state index in [1.807, 2.05) is 0 Å². The number of hydrogen-bond acceptors (Lipinski definition) is 2. The number of ketones is 1. The third-order valence-corrected chi connectivity index (χ3v) is 2.65. The fourth-order valence-electron chi connectivity index (χ4n) is 1.81. The second kappa shape index (κ2) is 4.64. The molecule has 1 aromatic carbocycles. The Morgan fingerprint density at radius 2 is 2.05 bits per heavy atom. The Bertz CT molecular complexity index is 630. The summed E-state index contributed by atoms with van der Waals surface area (Å²) >= 11 is 0. The minimum Gasteiger partial charge on any atom is -0.293 e. The van der Waals surface area contributed by atoms with E-state index in [1.165, 1.54) is 13.0 Å². The van der Waals surface area contributed by atoms with Crippen LogP contribution in [0.15, 0.2) is 18.2 Å². The lowest BCUT2D eigenvalue weighted by Crippen LogP contribution is -2.13. The number of hydrogen-bond donors (Lipinski definition) is 0. The number of aromatic nitrogens is 2. The summed E-state index contributed by atoms with van der Waals surface area (Å²) in [6, 6.07) is 3.56. The van der Waals surface area contributed by atoms with Crippen LogP contribution in [0.5, 0.6) is 0 Å². The van der Waals surface area contributed by atoms with Gasteiger partial charge in [0, 0.05) is 12.3 Å². The first-order valence-corrected chi connectivity index (χ1v) is 5.52. The molecule has 0 saturated heterocycles. The minimum absolute atomic E-state index is 0.0529. The summed E-state index contributed by atoms with van der Waals surface area (Å²) in [5.41, 5.74) is 0.242. The number of alkyl halides is 3. The van der Waals surface area contributed by atoms with Crippen LogP contribution in [0, 0.1) is 5.82 Å². The van der Waals surface area contributed by atoms with E-state index < -0.39 is 25.0 Å². The molecule has 0 aliphatic heterocycles. The Kier molecular flexibility index (Phi) is 3.30. The third-order valence-electron chi connectivity index (χ3n) is 2.65. The SMILES string of the molecule is CC(=O)c1nn(CCC(F)(F)F)c2cc(F)ccc12. The van der Waals surface area contributed by atoms with Crippen LogP contribution in [-0.2, 0) is 6.54 Å². The molecule has 0 aliphatic rings. The van der Waals surface area contributed by atoms with Gasteiger partial charge in [0.1, 0.15) is 11.5 Å². The lowest BCUT2D eigenvalue weighted by atomic mass is 10.1. The molecule has 0 aliphatic carbocycles. The minimum atomic E-state index is -4.33. The second-order valence-electron chi connectivity index (χ2n) is 4.15. The molecular formula is C12H10F4N2O. The smallest absolute Gasteiger partial charge is 0.293 e. The van der Waals surface area contributed by atoms with Crippen LogP contribution in [0.1, 0.15) is 23.8 Å². The molecule has 0 radical (unpaired) electrons. The van der Waals surface area contributed by atoms with Gasteiger partial charge in [-0.05, 0) is 18.2 Å². The second-order valence-corrected chi connectivity index (χ2v) is 4.15. The number of carbonyl (C=O) groups excluding carboxylic acids is 1. The van der Waals surface area contributed by atoms with Crippen molar-refractivity contribution < 1.29 is 22.4 Å². The molecule has 0 spiro atoms. The van der Waals surface area contributed by atoms with Crippen molar-refractivity contribution in [3.8, 4) is 0 Å². The maximum atomic E-state index is 13.2. The molecule has 2 aromatic rings. The fraction of sp³-hybridized carbons (Fsp3) is 0.333. The van der Waals surface area contributed by atoms with Gasteiger partial charge in [-0.3, -0.25) is 9.48 Å². The van der Waals surface area contributed by atoms with Crippen LogP contribution in [0.4, 0.5) is 17.6 Å². The van der Waals surface area contributed by atoms with E-state index in [1.54, 1.807) is 0 Å². The highest BCUT2D eigenvalue weighted by Gasteiger charge is 2.27. The Labute approximate surface area is 105 Å². The van der Waals surface area contributed by atoms with Gasteiger partial charge in [-0.2, -0.15) is 18.3 Å². The predicted octanol–water partition coefficient (Wildman–Crippen LogP) is 3.33. The van der Waals surface area contributed by atoms with Crippen LogP contribution >= 0.6 is 0 Å². The van der Waals surface area contributed by atoms with Crippen LogP contribution in [0.3, 0.4) is 0 Å². The summed E-state index contributed by atoms with van der Waals surface area (Å²) in [6.07, 6.45) is -5.42. The molecule has 102 valence electrons. The maximum absolute atomic E-state index is 13.2. The number of aryl methyl sites for hydroxylation is 1. The number of nitrogens with zero attached hydrogens (tertiary/aromatic N) is 2. The van der Waals surface area contributed by atoms with Gasteiger partial charge in [0.05, 0.1) is 18.5 Å². The van der Waals surface area contributed by atoms with E-state index >= 15 is 0 Å². The molecule has 7 heteroatoms. The summed E-state index contributed by atoms with van der Waals surface area (Å²) in [5.74, 6) is -0.960. The van der Waals surface area contributed by atoms with Crippen LogP contribution in [0.25, 0.3) is 10.9 Å². The van der Waals surface area contributed by atoms with E-state index in [9.17, 15) is 22.4 Å². The van der Waals surface area contributed by atoms with Crippen molar-refractivity contribution in [2.45, 2.75) is 26.1 Å². The third kappa shape index (κ3) is 2.91. The fourth-order valence-corrected chi connectivity index (χ4v) is 1.81. The zero-order valence-corrected chi connectivity index (χ0v) is 9.96. The highest BCUT2D eigenvalue weighted by atomic mass is 19.4. The summed E-state index contributed by atoms with van der Waals surface area (Å²) in [5, 5.41) is 4.19. The molecule has 0 N–H and O–H groups in total. The average Bonchev–Trinajstić information content (AvgIpc) is 2.63. The molecular weight excluding hydrogens is 264 g/mol. The van der Waals surface area contributed by atoms with Crippen LogP contribution in [-0.4, -0.2) is 21.7 Å². The lowest BCUT2D eigenvalue weighted by molar-refractivity contribution is -0.137. The Morgan fingerprint density at radius 1 is 1.37 bits per heavy atom. The van der Waals surface area contributed by atoms with Gasteiger partial charge in [0.2, 0.25) is 0 Å². The predicted molar refractivity (Wildman–Crippen MR) is 60.4 cm³/mol. The summed E-state index contributed by atoms with van der Waals surface area (Å²) < 4.78 is 50.8. The van der Waals surface area contributed by atoms with Crippen molar-refractivity contribution in [3.63, 3.8) is 0 Å². The monoisotopic (exact) mass is 274 g/mol. The Balaban J connectivity index is 2.48. The zero-order chi connectivity index (χ0) is 14.2.